The fourth-order valence-electron chi connectivity index (χ4n) is 2.95. The number of thioether (sulfide) groups is 1. The third kappa shape index (κ3) is 4.75. The van der Waals surface area contributed by atoms with Gasteiger partial charge in [0.1, 0.15) is 36.0 Å². The van der Waals surface area contributed by atoms with Crippen LogP contribution < -0.4 is 11.1 Å². The number of nitrogens with one attached hydrogen (secondary N) is 1. The third-order valence-corrected chi connectivity index (χ3v) is 6.33. The lowest BCUT2D eigenvalue weighted by atomic mass is 10.0. The van der Waals surface area contributed by atoms with Crippen LogP contribution >= 0.6 is 23.1 Å². The Bertz CT molecular complexity index is 1030. The first kappa shape index (κ1) is 23.3. The van der Waals surface area contributed by atoms with Crippen molar-refractivity contribution < 1.29 is 33.9 Å². The summed E-state index contributed by atoms with van der Waals surface area (Å²) < 4.78 is 4.89. The van der Waals surface area contributed by atoms with E-state index in [1.807, 2.05) is 0 Å². The maximum atomic E-state index is 12.8. The van der Waals surface area contributed by atoms with Crippen LogP contribution in [0.25, 0.3) is 0 Å². The Labute approximate surface area is 190 Å². The van der Waals surface area contributed by atoms with Crippen LogP contribution in [0.5, 0.6) is 0 Å². The van der Waals surface area contributed by atoms with Crippen molar-refractivity contribution in [2.24, 2.45) is 5.16 Å². The zero-order valence-electron chi connectivity index (χ0n) is 16.8. The van der Waals surface area contributed by atoms with Crippen LogP contribution in [0, 0.1) is 0 Å². The molecule has 3 rings (SSSR count). The summed E-state index contributed by atoms with van der Waals surface area (Å²) in [7, 11) is 0. The van der Waals surface area contributed by atoms with Crippen LogP contribution in [0.3, 0.4) is 0 Å². The smallest absolute Gasteiger partial charge is 0.352 e. The maximum absolute atomic E-state index is 12.8. The number of amides is 2. The van der Waals surface area contributed by atoms with E-state index in [4.69, 9.17) is 15.3 Å². The molecule has 2 aliphatic heterocycles. The molecule has 4 N–H and O–H groups in total. The van der Waals surface area contributed by atoms with Crippen LogP contribution in [-0.2, 0) is 28.8 Å². The van der Waals surface area contributed by atoms with Crippen molar-refractivity contribution in [1.82, 2.24) is 15.2 Å². The van der Waals surface area contributed by atoms with Crippen molar-refractivity contribution in [1.29, 1.82) is 0 Å². The molecule has 0 bridgehead atoms. The minimum Gasteiger partial charge on any atom is -0.477 e. The summed E-state index contributed by atoms with van der Waals surface area (Å²) in [5.41, 5.74) is 5.66. The summed E-state index contributed by atoms with van der Waals surface area (Å²) in [4.78, 5) is 58.5. The molecule has 0 unspecified atom stereocenters. The first-order valence-electron chi connectivity index (χ1n) is 9.11. The lowest BCUT2D eigenvalue weighted by Gasteiger charge is -2.49. The number of hydrogen-bond donors (Lipinski definition) is 3. The van der Waals surface area contributed by atoms with Crippen molar-refractivity contribution in [3.63, 3.8) is 0 Å². The first-order valence-corrected chi connectivity index (χ1v) is 11.0. The lowest BCUT2D eigenvalue weighted by Crippen LogP contribution is -2.71. The van der Waals surface area contributed by atoms with Crippen LogP contribution in [0.1, 0.15) is 12.6 Å². The van der Waals surface area contributed by atoms with Gasteiger partial charge in [0.2, 0.25) is 0 Å². The number of β-lactam (4-membered cyclic amide) rings is 1. The molecule has 0 aliphatic carbocycles. The Kier molecular flexibility index (Phi) is 7.15. The average Bonchev–Trinajstić information content (AvgIpc) is 3.18. The number of carbonyl (C=O) groups excluding carboxylic acids is 3. The van der Waals surface area contributed by atoms with Gasteiger partial charge in [-0.1, -0.05) is 17.8 Å². The second-order valence-corrected chi connectivity index (χ2v) is 8.49. The molecule has 2 aliphatic rings. The highest BCUT2D eigenvalue weighted by molar-refractivity contribution is 8.00. The van der Waals surface area contributed by atoms with Gasteiger partial charge < -0.3 is 25.7 Å². The summed E-state index contributed by atoms with van der Waals surface area (Å²) in [6.07, 6.45) is 1.44. The minimum absolute atomic E-state index is 0.0445. The first-order chi connectivity index (χ1) is 15.2. The Morgan fingerprint density at radius 3 is 2.84 bits per heavy atom. The van der Waals surface area contributed by atoms with E-state index >= 15 is 0 Å². The van der Waals surface area contributed by atoms with Gasteiger partial charge in [-0.2, -0.15) is 0 Å². The standard InChI is InChI=1S/C18H19N5O7S2/c1-3-4-30-22-11(10-7-32-18(19)20-10)14(25)21-12-15(26)23-13(17(27)28)9(5-29-8(2)24)6-31-16(12)23/h3,7,12,16H,1,4-6H2,2H3,(H2,19,20)(H,21,25)(H,27,28)/b22-11+/t12-,16-/m1/s1. The second-order valence-electron chi connectivity index (χ2n) is 6.49. The number of esters is 1. The molecule has 32 heavy (non-hydrogen) atoms. The molecular formula is C18H19N5O7S2. The predicted molar refractivity (Wildman–Crippen MR) is 116 cm³/mol. The van der Waals surface area contributed by atoms with Crippen molar-refractivity contribution >= 4 is 57.7 Å². The monoisotopic (exact) mass is 481 g/mol. The largest absolute Gasteiger partial charge is 0.477 e. The van der Waals surface area contributed by atoms with Gasteiger partial charge >= 0.3 is 11.9 Å². The number of hydrogen-bond acceptors (Lipinski definition) is 11. The summed E-state index contributed by atoms with van der Waals surface area (Å²) in [6.45, 7) is 4.51. The molecule has 1 aromatic rings. The van der Waals surface area contributed by atoms with E-state index in [0.29, 0.717) is 5.57 Å². The maximum Gasteiger partial charge on any atom is 0.352 e. The number of fused-ring (bicyclic) bond motifs is 1. The molecule has 1 aromatic heterocycles. The Hall–Kier alpha value is -3.39. The molecule has 3 heterocycles. The highest BCUT2D eigenvalue weighted by Gasteiger charge is 2.54. The molecular weight excluding hydrogens is 462 g/mol. The van der Waals surface area contributed by atoms with Gasteiger partial charge in [-0.05, 0) is 0 Å². The molecule has 1 fully saturated rings. The summed E-state index contributed by atoms with van der Waals surface area (Å²) in [5.74, 6) is -3.03. The Morgan fingerprint density at radius 2 is 2.25 bits per heavy atom. The number of nitrogens with two attached hydrogens (primary N) is 1. The predicted octanol–water partition coefficient (Wildman–Crippen LogP) is -0.0663. The van der Waals surface area contributed by atoms with Gasteiger partial charge in [0, 0.05) is 23.6 Å². The fourth-order valence-corrected chi connectivity index (χ4v) is 4.82. The molecule has 14 heteroatoms. The van der Waals surface area contributed by atoms with Gasteiger partial charge in [-0.15, -0.1) is 23.1 Å². The van der Waals surface area contributed by atoms with Gasteiger partial charge in [-0.3, -0.25) is 19.3 Å². The molecule has 0 aromatic carbocycles. The van der Waals surface area contributed by atoms with Gasteiger partial charge in [0.25, 0.3) is 11.8 Å². The van der Waals surface area contributed by atoms with Crippen molar-refractivity contribution in [2.75, 3.05) is 24.7 Å². The number of oxime groups is 1. The van der Waals surface area contributed by atoms with Crippen LogP contribution in [0.2, 0.25) is 0 Å². The molecule has 2 atom stereocenters. The number of aliphatic carboxylic acids is 1. The van der Waals surface area contributed by atoms with Crippen LogP contribution in [0.4, 0.5) is 5.13 Å². The van der Waals surface area contributed by atoms with E-state index in [-0.39, 0.29) is 41.2 Å². The number of carbonyl (C=O) groups is 4. The highest BCUT2D eigenvalue weighted by Crippen LogP contribution is 2.40. The van der Waals surface area contributed by atoms with E-state index in [2.05, 4.69) is 22.0 Å². The fraction of sp³-hybridized carbons (Fsp3) is 0.333. The van der Waals surface area contributed by atoms with E-state index in [9.17, 15) is 24.3 Å². The lowest BCUT2D eigenvalue weighted by molar-refractivity contribution is -0.150. The summed E-state index contributed by atoms with van der Waals surface area (Å²) in [6, 6.07) is -0.988. The molecule has 1 saturated heterocycles. The van der Waals surface area contributed by atoms with Gasteiger partial charge in [0.05, 0.1) is 0 Å². The number of thiazole rings is 1. The third-order valence-electron chi connectivity index (χ3n) is 4.31. The number of aromatic nitrogens is 1. The highest BCUT2D eigenvalue weighted by atomic mass is 32.2. The quantitative estimate of drug-likeness (QED) is 0.108. The number of carboxylic acid groups (broad SMARTS) is 1. The summed E-state index contributed by atoms with van der Waals surface area (Å²) >= 11 is 2.34. The molecule has 0 radical (unpaired) electrons. The van der Waals surface area contributed by atoms with E-state index in [0.717, 1.165) is 16.2 Å². The topological polar surface area (TPSA) is 174 Å². The number of ether oxygens (including phenoxy) is 1. The Morgan fingerprint density at radius 1 is 1.50 bits per heavy atom. The molecule has 0 spiro atoms. The zero-order chi connectivity index (χ0) is 23.4. The van der Waals surface area contributed by atoms with Crippen molar-refractivity contribution in [3.8, 4) is 0 Å². The summed E-state index contributed by atoms with van der Waals surface area (Å²) in [5, 5.41) is 17.0. The number of nitrogen functional groups attached to an aromatic ring is 1. The number of anilines is 1. The zero-order valence-corrected chi connectivity index (χ0v) is 18.4. The second kappa shape index (κ2) is 9.82. The molecule has 0 saturated carbocycles. The Balaban J connectivity index is 1.78. The van der Waals surface area contributed by atoms with E-state index in [1.165, 1.54) is 30.1 Å². The van der Waals surface area contributed by atoms with E-state index < -0.39 is 35.2 Å². The number of nitrogens with zero attached hydrogens (tertiary/aromatic N) is 3. The SMILES string of the molecule is C=CCO/N=C(/C(=O)N[C@@H]1C(=O)N2C(C(=O)O)=C(COC(C)=O)CS[C@H]12)c1csc(N)n1. The number of rotatable bonds is 9. The van der Waals surface area contributed by atoms with Crippen LogP contribution in [0.15, 0.2) is 34.5 Å². The van der Waals surface area contributed by atoms with E-state index in [1.54, 1.807) is 0 Å². The molecule has 12 nitrogen and oxygen atoms in total. The molecule has 2 amide bonds. The minimum atomic E-state index is -1.33. The van der Waals surface area contributed by atoms with Crippen molar-refractivity contribution in [2.45, 2.75) is 18.3 Å². The van der Waals surface area contributed by atoms with Crippen molar-refractivity contribution in [3.05, 3.63) is 35.0 Å². The van der Waals surface area contributed by atoms with Gasteiger partial charge in [0.15, 0.2) is 10.8 Å². The molecule has 170 valence electrons. The number of carboxylic acids is 1. The normalized spacial score (nSPS) is 20.2. The van der Waals surface area contributed by atoms with Gasteiger partial charge in [-0.25, -0.2) is 9.78 Å². The van der Waals surface area contributed by atoms with Crippen LogP contribution in [-0.4, -0.2) is 74.8 Å². The average molecular weight is 482 g/mol.